The summed E-state index contributed by atoms with van der Waals surface area (Å²) in [7, 11) is 0. The number of nitrogens with one attached hydrogen (secondary N) is 1. The number of aromatic nitrogens is 2. The molecule has 1 aromatic heterocycles. The minimum Gasteiger partial charge on any atom is -0.492 e. The third-order valence-electron chi connectivity index (χ3n) is 4.29. The minimum atomic E-state index is 0.510. The molecule has 2 aromatic rings. The van der Waals surface area contributed by atoms with Crippen molar-refractivity contribution in [3.05, 3.63) is 47.3 Å². The predicted octanol–water partition coefficient (Wildman–Crippen LogP) is 2.85. The molecule has 0 radical (unpaired) electrons. The Balaban J connectivity index is 1.49. The number of rotatable bonds is 5. The topological polar surface area (TPSA) is 64.9 Å². The summed E-state index contributed by atoms with van der Waals surface area (Å²) in [4.78, 5) is 2.44. The molecular weight excluding hydrogens is 288 g/mol. The van der Waals surface area contributed by atoms with E-state index in [1.54, 1.807) is 12.1 Å². The van der Waals surface area contributed by atoms with E-state index in [-0.39, 0.29) is 0 Å². The first-order valence-corrected chi connectivity index (χ1v) is 8.12. The van der Waals surface area contributed by atoms with Gasteiger partial charge in [-0.05, 0) is 50.6 Å². The first-order chi connectivity index (χ1) is 11.2. The number of nitriles is 1. The molecule has 3 rings (SSSR count). The SMILES string of the molecule is Cc1cc(C2CCCN(CCOc3cccc(C#N)c3)C2)n[nH]1. The van der Waals surface area contributed by atoms with Crippen LogP contribution in [0, 0.1) is 18.3 Å². The fraction of sp³-hybridized carbons (Fsp3) is 0.444. The fourth-order valence-corrected chi connectivity index (χ4v) is 3.10. The Morgan fingerprint density at radius 1 is 1.43 bits per heavy atom. The number of likely N-dealkylation sites (tertiary alicyclic amines) is 1. The van der Waals surface area contributed by atoms with Crippen LogP contribution in [0.2, 0.25) is 0 Å². The smallest absolute Gasteiger partial charge is 0.120 e. The number of aryl methyl sites for hydroxylation is 1. The first kappa shape index (κ1) is 15.6. The van der Waals surface area contributed by atoms with Crippen molar-refractivity contribution in [2.24, 2.45) is 0 Å². The Labute approximate surface area is 136 Å². The molecule has 1 unspecified atom stereocenters. The predicted molar refractivity (Wildman–Crippen MR) is 88.4 cm³/mol. The summed E-state index contributed by atoms with van der Waals surface area (Å²) in [5.41, 5.74) is 2.93. The number of nitrogens with zero attached hydrogens (tertiary/aromatic N) is 3. The summed E-state index contributed by atoms with van der Waals surface area (Å²) < 4.78 is 5.78. The van der Waals surface area contributed by atoms with Gasteiger partial charge >= 0.3 is 0 Å². The van der Waals surface area contributed by atoms with E-state index in [2.05, 4.69) is 27.2 Å². The van der Waals surface area contributed by atoms with E-state index in [9.17, 15) is 0 Å². The van der Waals surface area contributed by atoms with Gasteiger partial charge in [0.15, 0.2) is 0 Å². The maximum atomic E-state index is 8.91. The quantitative estimate of drug-likeness (QED) is 0.922. The molecular formula is C18H22N4O. The second-order valence-electron chi connectivity index (χ2n) is 6.10. The molecule has 0 saturated carbocycles. The van der Waals surface area contributed by atoms with Crippen LogP contribution in [-0.2, 0) is 0 Å². The van der Waals surface area contributed by atoms with Gasteiger partial charge in [-0.25, -0.2) is 0 Å². The van der Waals surface area contributed by atoms with E-state index >= 15 is 0 Å². The molecule has 5 nitrogen and oxygen atoms in total. The third kappa shape index (κ3) is 4.11. The largest absolute Gasteiger partial charge is 0.492 e. The zero-order chi connectivity index (χ0) is 16.1. The minimum absolute atomic E-state index is 0.510. The van der Waals surface area contributed by atoms with E-state index in [0.29, 0.717) is 18.1 Å². The highest BCUT2D eigenvalue weighted by Gasteiger charge is 2.22. The summed E-state index contributed by atoms with van der Waals surface area (Å²) in [6, 6.07) is 11.6. The Hall–Kier alpha value is -2.32. The van der Waals surface area contributed by atoms with Crippen LogP contribution >= 0.6 is 0 Å². The van der Waals surface area contributed by atoms with Crippen molar-refractivity contribution >= 4 is 0 Å². The van der Waals surface area contributed by atoms with Crippen molar-refractivity contribution in [1.29, 1.82) is 5.26 Å². The van der Waals surface area contributed by atoms with Crippen LogP contribution in [0.5, 0.6) is 5.75 Å². The standard InChI is InChI=1S/C18H22N4O/c1-14-10-18(21-20-14)16-5-3-7-22(13-16)8-9-23-17-6-2-4-15(11-17)12-19/h2,4,6,10-11,16H,3,5,7-9,13H2,1H3,(H,20,21). The van der Waals surface area contributed by atoms with Crippen molar-refractivity contribution in [2.75, 3.05) is 26.2 Å². The number of benzene rings is 1. The molecule has 1 aliphatic heterocycles. The molecule has 120 valence electrons. The van der Waals surface area contributed by atoms with Gasteiger partial charge in [0, 0.05) is 24.7 Å². The number of H-pyrrole nitrogens is 1. The number of hydrogen-bond donors (Lipinski definition) is 1. The Morgan fingerprint density at radius 2 is 2.35 bits per heavy atom. The Bertz CT molecular complexity index is 688. The average molecular weight is 310 g/mol. The van der Waals surface area contributed by atoms with E-state index < -0.39 is 0 Å². The van der Waals surface area contributed by atoms with Crippen LogP contribution in [0.4, 0.5) is 0 Å². The lowest BCUT2D eigenvalue weighted by Crippen LogP contribution is -2.37. The average Bonchev–Trinajstić information content (AvgIpc) is 3.02. The summed E-state index contributed by atoms with van der Waals surface area (Å²) in [6.45, 7) is 5.73. The van der Waals surface area contributed by atoms with Crippen LogP contribution < -0.4 is 4.74 Å². The molecule has 0 spiro atoms. The van der Waals surface area contributed by atoms with Crippen LogP contribution in [-0.4, -0.2) is 41.3 Å². The molecule has 0 aliphatic carbocycles. The summed E-state index contributed by atoms with van der Waals surface area (Å²) in [6.07, 6.45) is 2.40. The second kappa shape index (κ2) is 7.30. The van der Waals surface area contributed by atoms with Crippen LogP contribution in [0.3, 0.4) is 0 Å². The molecule has 1 aliphatic rings. The number of hydrogen-bond acceptors (Lipinski definition) is 4. The van der Waals surface area contributed by atoms with Gasteiger partial charge in [-0.1, -0.05) is 6.07 Å². The van der Waals surface area contributed by atoms with Gasteiger partial charge in [0.2, 0.25) is 0 Å². The van der Waals surface area contributed by atoms with Crippen molar-refractivity contribution < 1.29 is 4.74 Å². The maximum absolute atomic E-state index is 8.91. The normalized spacial score (nSPS) is 18.5. The molecule has 1 saturated heterocycles. The van der Waals surface area contributed by atoms with Gasteiger partial charge in [0.1, 0.15) is 12.4 Å². The van der Waals surface area contributed by atoms with Crippen molar-refractivity contribution in [3.8, 4) is 11.8 Å². The lowest BCUT2D eigenvalue weighted by molar-refractivity contribution is 0.169. The van der Waals surface area contributed by atoms with Gasteiger partial charge in [0.05, 0.1) is 17.3 Å². The summed E-state index contributed by atoms with van der Waals surface area (Å²) >= 11 is 0. The van der Waals surface area contributed by atoms with Gasteiger partial charge in [-0.3, -0.25) is 10.00 Å². The van der Waals surface area contributed by atoms with Crippen molar-refractivity contribution in [3.63, 3.8) is 0 Å². The fourth-order valence-electron chi connectivity index (χ4n) is 3.10. The molecule has 1 aromatic carbocycles. The number of piperidine rings is 1. The van der Waals surface area contributed by atoms with Gasteiger partial charge in [-0.15, -0.1) is 0 Å². The Morgan fingerprint density at radius 3 is 3.13 bits per heavy atom. The molecule has 0 bridgehead atoms. The van der Waals surface area contributed by atoms with Gasteiger partial charge in [0.25, 0.3) is 0 Å². The number of ether oxygens (including phenoxy) is 1. The van der Waals surface area contributed by atoms with Gasteiger partial charge < -0.3 is 4.74 Å². The molecule has 1 atom stereocenters. The van der Waals surface area contributed by atoms with E-state index in [1.807, 2.05) is 19.1 Å². The monoisotopic (exact) mass is 310 g/mol. The van der Waals surface area contributed by atoms with Crippen molar-refractivity contribution in [2.45, 2.75) is 25.7 Å². The highest BCUT2D eigenvalue weighted by Crippen LogP contribution is 2.25. The van der Waals surface area contributed by atoms with E-state index in [0.717, 1.165) is 31.1 Å². The van der Waals surface area contributed by atoms with Crippen molar-refractivity contribution in [1.82, 2.24) is 15.1 Å². The molecule has 1 fully saturated rings. The summed E-state index contributed by atoms with van der Waals surface area (Å²) in [5, 5.41) is 16.4. The zero-order valence-corrected chi connectivity index (χ0v) is 13.5. The van der Waals surface area contributed by atoms with Gasteiger partial charge in [-0.2, -0.15) is 10.4 Å². The third-order valence-corrected chi connectivity index (χ3v) is 4.29. The lowest BCUT2D eigenvalue weighted by atomic mass is 9.95. The lowest BCUT2D eigenvalue weighted by Gasteiger charge is -2.31. The molecule has 0 amide bonds. The van der Waals surface area contributed by atoms with Crippen LogP contribution in [0.15, 0.2) is 30.3 Å². The van der Waals surface area contributed by atoms with Crippen LogP contribution in [0.25, 0.3) is 0 Å². The van der Waals surface area contributed by atoms with E-state index in [4.69, 9.17) is 10.00 Å². The highest BCUT2D eigenvalue weighted by atomic mass is 16.5. The molecule has 5 heteroatoms. The summed E-state index contributed by atoms with van der Waals surface area (Å²) in [5.74, 6) is 1.27. The zero-order valence-electron chi connectivity index (χ0n) is 13.5. The van der Waals surface area contributed by atoms with Crippen LogP contribution in [0.1, 0.15) is 35.7 Å². The Kier molecular flexibility index (Phi) is 4.94. The number of aromatic amines is 1. The second-order valence-corrected chi connectivity index (χ2v) is 6.10. The molecule has 1 N–H and O–H groups in total. The van der Waals surface area contributed by atoms with E-state index in [1.165, 1.54) is 18.5 Å². The molecule has 23 heavy (non-hydrogen) atoms. The highest BCUT2D eigenvalue weighted by molar-refractivity contribution is 5.36. The maximum Gasteiger partial charge on any atom is 0.120 e. The first-order valence-electron chi connectivity index (χ1n) is 8.12. The molecule has 2 heterocycles.